The maximum absolute atomic E-state index is 13.0. The Kier molecular flexibility index (Phi) is 7.84. The van der Waals surface area contributed by atoms with Gasteiger partial charge in [0.1, 0.15) is 5.82 Å². The number of nitrogens with zero attached hydrogens (tertiary/aromatic N) is 1. The fraction of sp³-hybridized carbons (Fsp3) is 0.391. The van der Waals surface area contributed by atoms with E-state index in [1.165, 1.54) is 24.3 Å². The lowest BCUT2D eigenvalue weighted by Crippen LogP contribution is -2.45. The third-order valence-corrected chi connectivity index (χ3v) is 6.81. The molecule has 32 heavy (non-hydrogen) atoms. The molecule has 1 aliphatic heterocycles. The van der Waals surface area contributed by atoms with Crippen LogP contribution >= 0.6 is 0 Å². The molecule has 9 heteroatoms. The molecule has 0 radical (unpaired) electrons. The maximum Gasteiger partial charge on any atom is 0.261 e. The second kappa shape index (κ2) is 10.6. The monoisotopic (exact) mass is 461 g/mol. The minimum Gasteiger partial charge on any atom is -0.356 e. The van der Waals surface area contributed by atoms with Crippen LogP contribution in [0.3, 0.4) is 0 Å². The maximum atomic E-state index is 13.0. The standard InChI is InChI=1S/C23H28FN3O4S/c1-2-3-14-25-22(28)18-5-4-15-27(16-18)23(29)17-6-10-20(11-7-17)26-32(30,31)21-12-8-19(24)9-13-21/h6-13,18,26H,2-5,14-16H2,1H3,(H,25,28). The van der Waals surface area contributed by atoms with Gasteiger partial charge < -0.3 is 10.2 Å². The predicted molar refractivity (Wildman–Crippen MR) is 120 cm³/mol. The van der Waals surface area contributed by atoms with Crippen molar-refractivity contribution in [3.8, 4) is 0 Å². The van der Waals surface area contributed by atoms with Crippen LogP contribution in [0.4, 0.5) is 10.1 Å². The Morgan fingerprint density at radius 1 is 1.09 bits per heavy atom. The van der Waals surface area contributed by atoms with Crippen LogP contribution in [0, 0.1) is 11.7 Å². The number of halogens is 1. The lowest BCUT2D eigenvalue weighted by molar-refractivity contribution is -0.126. The first kappa shape index (κ1) is 23.7. The fourth-order valence-corrected chi connectivity index (χ4v) is 4.66. The van der Waals surface area contributed by atoms with E-state index < -0.39 is 15.8 Å². The van der Waals surface area contributed by atoms with Crippen molar-refractivity contribution in [1.29, 1.82) is 0 Å². The van der Waals surface area contributed by atoms with Crippen LogP contribution in [-0.2, 0) is 14.8 Å². The van der Waals surface area contributed by atoms with Crippen LogP contribution in [0.1, 0.15) is 43.0 Å². The van der Waals surface area contributed by atoms with Gasteiger partial charge in [-0.1, -0.05) is 13.3 Å². The molecule has 0 saturated carbocycles. The topological polar surface area (TPSA) is 95.6 Å². The molecular weight excluding hydrogens is 433 g/mol. The summed E-state index contributed by atoms with van der Waals surface area (Å²) in [7, 11) is -3.87. The number of amides is 2. The minimum atomic E-state index is -3.87. The van der Waals surface area contributed by atoms with Gasteiger partial charge in [0, 0.05) is 30.9 Å². The zero-order valence-corrected chi connectivity index (χ0v) is 18.8. The fourth-order valence-electron chi connectivity index (χ4n) is 3.60. The molecule has 1 saturated heterocycles. The van der Waals surface area contributed by atoms with E-state index in [2.05, 4.69) is 17.0 Å². The Bertz CT molecular complexity index is 1040. The van der Waals surface area contributed by atoms with Gasteiger partial charge in [0.25, 0.3) is 15.9 Å². The van der Waals surface area contributed by atoms with Crippen LogP contribution < -0.4 is 10.0 Å². The third-order valence-electron chi connectivity index (χ3n) is 5.42. The molecular formula is C23H28FN3O4S. The highest BCUT2D eigenvalue weighted by Crippen LogP contribution is 2.21. The van der Waals surface area contributed by atoms with E-state index in [-0.39, 0.29) is 28.3 Å². The van der Waals surface area contributed by atoms with Gasteiger partial charge in [0.15, 0.2) is 0 Å². The third kappa shape index (κ3) is 6.06. The first-order valence-electron chi connectivity index (χ1n) is 10.8. The van der Waals surface area contributed by atoms with Gasteiger partial charge in [-0.25, -0.2) is 12.8 Å². The Hall–Kier alpha value is -2.94. The Morgan fingerprint density at radius 2 is 1.78 bits per heavy atom. The van der Waals surface area contributed by atoms with Gasteiger partial charge in [-0.15, -0.1) is 0 Å². The van der Waals surface area contributed by atoms with Crippen molar-refractivity contribution in [2.75, 3.05) is 24.4 Å². The van der Waals surface area contributed by atoms with E-state index >= 15 is 0 Å². The molecule has 3 rings (SSSR count). The summed E-state index contributed by atoms with van der Waals surface area (Å²) in [5, 5.41) is 2.94. The summed E-state index contributed by atoms with van der Waals surface area (Å²) in [5.74, 6) is -0.943. The number of hydrogen-bond donors (Lipinski definition) is 2. The molecule has 1 atom stereocenters. The molecule has 2 aromatic carbocycles. The number of piperidine rings is 1. The van der Waals surface area contributed by atoms with E-state index in [1.807, 2.05) is 0 Å². The van der Waals surface area contributed by atoms with E-state index in [1.54, 1.807) is 17.0 Å². The highest BCUT2D eigenvalue weighted by molar-refractivity contribution is 7.92. The zero-order chi connectivity index (χ0) is 23.1. The van der Waals surface area contributed by atoms with Crippen molar-refractivity contribution in [3.05, 3.63) is 59.9 Å². The highest BCUT2D eigenvalue weighted by atomic mass is 32.2. The molecule has 0 spiro atoms. The van der Waals surface area contributed by atoms with E-state index in [4.69, 9.17) is 0 Å². The predicted octanol–water partition coefficient (Wildman–Crippen LogP) is 3.40. The molecule has 7 nitrogen and oxygen atoms in total. The molecule has 2 amide bonds. The Balaban J connectivity index is 1.62. The van der Waals surface area contributed by atoms with Gasteiger partial charge in [-0.2, -0.15) is 0 Å². The van der Waals surface area contributed by atoms with Crippen LogP contribution in [0.2, 0.25) is 0 Å². The summed E-state index contributed by atoms with van der Waals surface area (Å²) in [6.07, 6.45) is 3.45. The quantitative estimate of drug-likeness (QED) is 0.589. The lowest BCUT2D eigenvalue weighted by Gasteiger charge is -2.32. The molecule has 2 N–H and O–H groups in total. The molecule has 0 aliphatic carbocycles. The molecule has 1 heterocycles. The average molecular weight is 462 g/mol. The summed E-state index contributed by atoms with van der Waals surface area (Å²) >= 11 is 0. The number of sulfonamides is 1. The first-order valence-corrected chi connectivity index (χ1v) is 12.2. The van der Waals surface area contributed by atoms with Gasteiger partial charge in [0.2, 0.25) is 5.91 Å². The molecule has 0 bridgehead atoms. The normalized spacial score (nSPS) is 16.4. The Morgan fingerprint density at radius 3 is 2.44 bits per heavy atom. The molecule has 2 aromatic rings. The number of carbonyl (C=O) groups excluding carboxylic acids is 2. The summed E-state index contributed by atoms with van der Waals surface area (Å²) in [6, 6.07) is 10.6. The van der Waals surface area contributed by atoms with E-state index in [0.29, 0.717) is 25.2 Å². The number of unbranched alkanes of at least 4 members (excludes halogenated alkanes) is 1. The molecule has 1 unspecified atom stereocenters. The molecule has 1 fully saturated rings. The van der Waals surface area contributed by atoms with Gasteiger partial charge in [-0.3, -0.25) is 14.3 Å². The van der Waals surface area contributed by atoms with E-state index in [0.717, 1.165) is 37.8 Å². The van der Waals surface area contributed by atoms with Crippen molar-refractivity contribution >= 4 is 27.5 Å². The van der Waals surface area contributed by atoms with Crippen LogP contribution in [0.25, 0.3) is 0 Å². The van der Waals surface area contributed by atoms with Crippen LogP contribution in [-0.4, -0.2) is 44.8 Å². The van der Waals surface area contributed by atoms with E-state index in [9.17, 15) is 22.4 Å². The van der Waals surface area contributed by atoms with Crippen molar-refractivity contribution in [3.63, 3.8) is 0 Å². The molecule has 172 valence electrons. The lowest BCUT2D eigenvalue weighted by atomic mass is 9.96. The number of nitrogens with one attached hydrogen (secondary N) is 2. The van der Waals surface area contributed by atoms with Crippen molar-refractivity contribution in [1.82, 2.24) is 10.2 Å². The van der Waals surface area contributed by atoms with Gasteiger partial charge >= 0.3 is 0 Å². The number of hydrogen-bond acceptors (Lipinski definition) is 4. The van der Waals surface area contributed by atoms with Gasteiger partial charge in [-0.05, 0) is 67.8 Å². The SMILES string of the molecule is CCCCNC(=O)C1CCCN(C(=O)c2ccc(NS(=O)(=O)c3ccc(F)cc3)cc2)C1. The first-order chi connectivity index (χ1) is 15.3. The summed E-state index contributed by atoms with van der Waals surface area (Å²) in [6.45, 7) is 3.66. The molecule has 0 aromatic heterocycles. The minimum absolute atomic E-state index is 0.0125. The number of benzene rings is 2. The number of carbonyl (C=O) groups is 2. The summed E-state index contributed by atoms with van der Waals surface area (Å²) in [4.78, 5) is 26.9. The average Bonchev–Trinajstić information content (AvgIpc) is 2.79. The largest absolute Gasteiger partial charge is 0.356 e. The zero-order valence-electron chi connectivity index (χ0n) is 18.0. The van der Waals surface area contributed by atoms with Crippen molar-refractivity contribution < 1.29 is 22.4 Å². The van der Waals surface area contributed by atoms with Crippen molar-refractivity contribution in [2.24, 2.45) is 5.92 Å². The summed E-state index contributed by atoms with van der Waals surface area (Å²) < 4.78 is 40.3. The number of rotatable bonds is 8. The second-order valence-corrected chi connectivity index (χ2v) is 9.55. The van der Waals surface area contributed by atoms with Crippen molar-refractivity contribution in [2.45, 2.75) is 37.5 Å². The number of likely N-dealkylation sites (tertiary alicyclic amines) is 1. The van der Waals surface area contributed by atoms with Gasteiger partial charge in [0.05, 0.1) is 10.8 Å². The highest BCUT2D eigenvalue weighted by Gasteiger charge is 2.28. The smallest absolute Gasteiger partial charge is 0.261 e. The molecule has 1 aliphatic rings. The number of anilines is 1. The Labute approximate surface area is 188 Å². The summed E-state index contributed by atoms with van der Waals surface area (Å²) in [5.41, 5.74) is 0.708. The van der Waals surface area contributed by atoms with Crippen LogP contribution in [0.15, 0.2) is 53.4 Å². The second-order valence-electron chi connectivity index (χ2n) is 7.87. The van der Waals surface area contributed by atoms with Crippen LogP contribution in [0.5, 0.6) is 0 Å².